The van der Waals surface area contributed by atoms with E-state index in [0.717, 1.165) is 34.7 Å². The molecule has 0 spiro atoms. The summed E-state index contributed by atoms with van der Waals surface area (Å²) in [6.45, 7) is 2.24. The Morgan fingerprint density at radius 3 is 2.42 bits per heavy atom. The molecule has 174 valence electrons. The number of rotatable bonds is 7. The summed E-state index contributed by atoms with van der Waals surface area (Å²) >= 11 is 3.32. The molecule has 0 radical (unpaired) electrons. The number of carbonyl (C=O) groups is 1. The van der Waals surface area contributed by atoms with E-state index in [1.54, 1.807) is 24.3 Å². The summed E-state index contributed by atoms with van der Waals surface area (Å²) in [5.74, 6) is -0.728. The molecule has 0 aliphatic carbocycles. The summed E-state index contributed by atoms with van der Waals surface area (Å²) in [6.07, 6.45) is -2.16. The summed E-state index contributed by atoms with van der Waals surface area (Å²) in [5, 5.41) is 2.63. The Balaban J connectivity index is 2.06. The van der Waals surface area contributed by atoms with E-state index in [-0.39, 0.29) is 24.3 Å². The molecule has 0 aliphatic heterocycles. The second kappa shape index (κ2) is 10.2. The van der Waals surface area contributed by atoms with Crippen LogP contribution in [-0.2, 0) is 19.3 Å². The quantitative estimate of drug-likeness (QED) is 0.495. The molecule has 0 saturated heterocycles. The monoisotopic (exact) mass is 523 g/mol. The maximum absolute atomic E-state index is 13.2. The first kappa shape index (κ1) is 24.5. The molecule has 1 amide bonds. The van der Waals surface area contributed by atoms with Gasteiger partial charge in [0.1, 0.15) is 5.56 Å². The molecular formula is C23H21BrF3N3O3. The highest BCUT2D eigenvalue weighted by molar-refractivity contribution is 9.10. The number of hydrogen-bond acceptors (Lipinski definition) is 3. The van der Waals surface area contributed by atoms with Crippen LogP contribution in [0.15, 0.2) is 68.8 Å². The number of nitrogens with zero attached hydrogens (tertiary/aromatic N) is 2. The Hall–Kier alpha value is -3.14. The largest absolute Gasteiger partial charge is 0.416 e. The SMILES string of the molecule is CCCCn1cc(C(=O)NCc2ccc(Br)cc2)c(=O)n(-c2cccc(C(F)(F)F)c2)c1=O. The van der Waals surface area contributed by atoms with Gasteiger partial charge in [0.2, 0.25) is 0 Å². The average Bonchev–Trinajstić information content (AvgIpc) is 2.78. The van der Waals surface area contributed by atoms with E-state index in [2.05, 4.69) is 21.2 Å². The molecule has 0 aliphatic rings. The first-order valence-corrected chi connectivity index (χ1v) is 11.0. The zero-order chi connectivity index (χ0) is 24.2. The molecule has 0 bridgehead atoms. The van der Waals surface area contributed by atoms with Crippen LogP contribution in [0.4, 0.5) is 13.2 Å². The number of amides is 1. The second-order valence-corrected chi connectivity index (χ2v) is 8.29. The van der Waals surface area contributed by atoms with E-state index in [1.807, 2.05) is 6.92 Å². The van der Waals surface area contributed by atoms with Crippen molar-refractivity contribution in [1.29, 1.82) is 0 Å². The zero-order valence-corrected chi connectivity index (χ0v) is 19.2. The molecule has 1 aromatic heterocycles. The van der Waals surface area contributed by atoms with Gasteiger partial charge in [0.25, 0.3) is 11.5 Å². The van der Waals surface area contributed by atoms with E-state index in [0.29, 0.717) is 11.0 Å². The molecule has 1 N–H and O–H groups in total. The van der Waals surface area contributed by atoms with Gasteiger partial charge in [-0.05, 0) is 42.3 Å². The summed E-state index contributed by atoms with van der Waals surface area (Å²) in [7, 11) is 0. The van der Waals surface area contributed by atoms with Gasteiger partial charge in [-0.25, -0.2) is 9.36 Å². The van der Waals surface area contributed by atoms with E-state index < -0.39 is 28.9 Å². The molecule has 3 aromatic rings. The molecule has 33 heavy (non-hydrogen) atoms. The van der Waals surface area contributed by atoms with Crippen molar-refractivity contribution in [2.75, 3.05) is 0 Å². The first-order chi connectivity index (χ1) is 15.6. The van der Waals surface area contributed by atoms with Gasteiger partial charge in [-0.1, -0.05) is 47.5 Å². The zero-order valence-electron chi connectivity index (χ0n) is 17.7. The summed E-state index contributed by atoms with van der Waals surface area (Å²) in [6, 6.07) is 11.1. The number of halogens is 4. The number of nitrogens with one attached hydrogen (secondary N) is 1. The fourth-order valence-electron chi connectivity index (χ4n) is 3.18. The molecule has 10 heteroatoms. The first-order valence-electron chi connectivity index (χ1n) is 10.2. The predicted octanol–water partition coefficient (Wildman–Crippen LogP) is 4.51. The van der Waals surface area contributed by atoms with Crippen LogP contribution in [0.25, 0.3) is 5.69 Å². The highest BCUT2D eigenvalue weighted by Gasteiger charge is 2.31. The van der Waals surface area contributed by atoms with Gasteiger partial charge in [-0.3, -0.25) is 14.2 Å². The number of carbonyl (C=O) groups excluding carboxylic acids is 1. The van der Waals surface area contributed by atoms with E-state index >= 15 is 0 Å². The molecule has 0 fully saturated rings. The Morgan fingerprint density at radius 2 is 1.79 bits per heavy atom. The van der Waals surface area contributed by atoms with E-state index in [9.17, 15) is 27.6 Å². The number of alkyl halides is 3. The van der Waals surface area contributed by atoms with E-state index in [1.165, 1.54) is 16.8 Å². The van der Waals surface area contributed by atoms with Crippen molar-refractivity contribution in [3.05, 3.63) is 96.7 Å². The number of unbranched alkanes of at least 4 members (excludes halogenated alkanes) is 1. The van der Waals surface area contributed by atoms with Crippen molar-refractivity contribution >= 4 is 21.8 Å². The molecule has 3 rings (SSSR count). The van der Waals surface area contributed by atoms with Crippen LogP contribution in [0.2, 0.25) is 0 Å². The minimum absolute atomic E-state index is 0.128. The maximum Gasteiger partial charge on any atom is 0.416 e. The lowest BCUT2D eigenvalue weighted by Gasteiger charge is -2.14. The second-order valence-electron chi connectivity index (χ2n) is 7.37. The van der Waals surface area contributed by atoms with Crippen molar-refractivity contribution in [1.82, 2.24) is 14.5 Å². The van der Waals surface area contributed by atoms with Crippen molar-refractivity contribution in [2.45, 2.75) is 39.0 Å². The van der Waals surface area contributed by atoms with Gasteiger partial charge in [-0.15, -0.1) is 0 Å². The molecule has 2 aromatic carbocycles. The molecule has 0 saturated carbocycles. The fraction of sp³-hybridized carbons (Fsp3) is 0.261. The lowest BCUT2D eigenvalue weighted by Crippen LogP contribution is -2.43. The van der Waals surface area contributed by atoms with Gasteiger partial charge in [0, 0.05) is 23.8 Å². The Labute approximate surface area is 195 Å². The average molecular weight is 524 g/mol. The number of hydrogen-bond donors (Lipinski definition) is 1. The lowest BCUT2D eigenvalue weighted by atomic mass is 10.2. The maximum atomic E-state index is 13.2. The van der Waals surface area contributed by atoms with Gasteiger partial charge in [-0.2, -0.15) is 13.2 Å². The van der Waals surface area contributed by atoms with Crippen molar-refractivity contribution in [3.63, 3.8) is 0 Å². The third-order valence-corrected chi connectivity index (χ3v) is 5.48. The smallest absolute Gasteiger partial charge is 0.348 e. The fourth-order valence-corrected chi connectivity index (χ4v) is 3.44. The van der Waals surface area contributed by atoms with Crippen LogP contribution in [0, 0.1) is 0 Å². The van der Waals surface area contributed by atoms with Gasteiger partial charge in [0.15, 0.2) is 0 Å². The summed E-state index contributed by atoms with van der Waals surface area (Å²) in [5.41, 5.74) is -2.61. The minimum atomic E-state index is -4.65. The molecular weight excluding hydrogens is 503 g/mol. The topological polar surface area (TPSA) is 73.1 Å². The minimum Gasteiger partial charge on any atom is -0.348 e. The molecule has 1 heterocycles. The van der Waals surface area contributed by atoms with Crippen LogP contribution in [-0.4, -0.2) is 15.0 Å². The van der Waals surface area contributed by atoms with Gasteiger partial charge >= 0.3 is 11.9 Å². The molecule has 6 nitrogen and oxygen atoms in total. The Bertz CT molecular complexity index is 1260. The van der Waals surface area contributed by atoms with Crippen LogP contribution < -0.4 is 16.6 Å². The highest BCUT2D eigenvalue weighted by Crippen LogP contribution is 2.29. The van der Waals surface area contributed by atoms with Crippen LogP contribution in [0.1, 0.15) is 41.3 Å². The third-order valence-electron chi connectivity index (χ3n) is 4.95. The third kappa shape index (κ3) is 5.81. The van der Waals surface area contributed by atoms with Crippen molar-refractivity contribution < 1.29 is 18.0 Å². The normalized spacial score (nSPS) is 11.4. The summed E-state index contributed by atoms with van der Waals surface area (Å²) in [4.78, 5) is 38.9. The van der Waals surface area contributed by atoms with Crippen LogP contribution >= 0.6 is 15.9 Å². The highest BCUT2D eigenvalue weighted by atomic mass is 79.9. The predicted molar refractivity (Wildman–Crippen MR) is 122 cm³/mol. The number of aryl methyl sites for hydroxylation is 1. The van der Waals surface area contributed by atoms with Crippen molar-refractivity contribution in [2.24, 2.45) is 0 Å². The van der Waals surface area contributed by atoms with Crippen molar-refractivity contribution in [3.8, 4) is 5.69 Å². The number of aromatic nitrogens is 2. The molecule has 0 unspecified atom stereocenters. The van der Waals surface area contributed by atoms with Crippen LogP contribution in [0.5, 0.6) is 0 Å². The van der Waals surface area contributed by atoms with Gasteiger partial charge in [0.05, 0.1) is 11.3 Å². The standard InChI is InChI=1S/C23H21BrF3N3O3/c1-2-3-11-29-14-19(20(31)28-13-15-7-9-17(24)10-8-15)21(32)30(22(29)33)18-6-4-5-16(12-18)23(25,26)27/h4-10,12,14H,2-3,11,13H2,1H3,(H,28,31). The number of benzene rings is 2. The lowest BCUT2D eigenvalue weighted by molar-refractivity contribution is -0.137. The van der Waals surface area contributed by atoms with Gasteiger partial charge < -0.3 is 5.32 Å². The Morgan fingerprint density at radius 1 is 1.09 bits per heavy atom. The molecule has 0 atom stereocenters. The summed E-state index contributed by atoms with van der Waals surface area (Å²) < 4.78 is 42.2. The van der Waals surface area contributed by atoms with Crippen LogP contribution in [0.3, 0.4) is 0 Å². The Kier molecular flexibility index (Phi) is 7.57. The van der Waals surface area contributed by atoms with E-state index in [4.69, 9.17) is 0 Å².